The van der Waals surface area contributed by atoms with Gasteiger partial charge >= 0.3 is 0 Å². The number of fused-ring (bicyclic) bond motifs is 1. The number of ether oxygens (including phenoxy) is 2. The molecule has 0 aromatic heterocycles. The third-order valence-electron chi connectivity index (χ3n) is 5.73. The van der Waals surface area contributed by atoms with Crippen LogP contribution in [-0.4, -0.2) is 25.4 Å². The predicted molar refractivity (Wildman–Crippen MR) is 142 cm³/mol. The Morgan fingerprint density at radius 1 is 1.18 bits per heavy atom. The Morgan fingerprint density at radius 2 is 1.91 bits per heavy atom. The van der Waals surface area contributed by atoms with E-state index in [0.29, 0.717) is 6.61 Å². The summed E-state index contributed by atoms with van der Waals surface area (Å²) in [6.07, 6.45) is 8.87. The van der Waals surface area contributed by atoms with Gasteiger partial charge in [-0.15, -0.1) is 0 Å². The van der Waals surface area contributed by atoms with E-state index in [4.69, 9.17) is 21.1 Å². The molecule has 0 saturated carbocycles. The Hall–Kier alpha value is -2.75. The van der Waals surface area contributed by atoms with Gasteiger partial charge in [0.05, 0.1) is 25.4 Å². The van der Waals surface area contributed by atoms with Crippen molar-refractivity contribution in [2.75, 3.05) is 19.0 Å². The van der Waals surface area contributed by atoms with Gasteiger partial charge < -0.3 is 14.8 Å². The molecule has 1 aliphatic rings. The fourth-order valence-electron chi connectivity index (χ4n) is 4.13. The van der Waals surface area contributed by atoms with E-state index in [1.54, 1.807) is 13.2 Å². The van der Waals surface area contributed by atoms with Gasteiger partial charge in [0.1, 0.15) is 5.76 Å². The summed E-state index contributed by atoms with van der Waals surface area (Å²) in [5, 5.41) is 4.39. The first-order valence-electron chi connectivity index (χ1n) is 11.3. The first kappa shape index (κ1) is 24.9. The number of hydrogen-bond donors (Lipinski definition) is 1. The number of halogens is 1. The highest BCUT2D eigenvalue weighted by atomic mass is 35.5. The third-order valence-corrected chi connectivity index (χ3v) is 5.98. The maximum Gasteiger partial charge on any atom is 0.126 e. The molecule has 3 rings (SSSR count). The van der Waals surface area contributed by atoms with E-state index in [-0.39, 0.29) is 11.6 Å². The van der Waals surface area contributed by atoms with Crippen LogP contribution in [0.25, 0.3) is 11.1 Å². The summed E-state index contributed by atoms with van der Waals surface area (Å²) in [4.78, 5) is 0. The second kappa shape index (κ2) is 10.9. The molecular formula is C29H34ClNO2. The minimum atomic E-state index is -0.168. The van der Waals surface area contributed by atoms with Crippen molar-refractivity contribution in [3.8, 4) is 0 Å². The van der Waals surface area contributed by atoms with Gasteiger partial charge in [-0.2, -0.15) is 0 Å². The molecule has 1 unspecified atom stereocenters. The number of allylic oxidation sites excluding steroid dienone is 4. The summed E-state index contributed by atoms with van der Waals surface area (Å²) in [7, 11) is 1.67. The fraction of sp³-hybridized carbons (Fsp3) is 0.310. The Balaban J connectivity index is 1.90. The lowest BCUT2D eigenvalue weighted by molar-refractivity contribution is 0.106. The third kappa shape index (κ3) is 6.19. The lowest BCUT2D eigenvalue weighted by Gasteiger charge is -2.34. The van der Waals surface area contributed by atoms with Crippen molar-refractivity contribution in [1.82, 2.24) is 0 Å². The van der Waals surface area contributed by atoms with Gasteiger partial charge in [0.2, 0.25) is 0 Å². The van der Waals surface area contributed by atoms with Crippen LogP contribution in [0.15, 0.2) is 79.1 Å². The van der Waals surface area contributed by atoms with Crippen LogP contribution in [0.1, 0.15) is 44.4 Å². The average molecular weight is 464 g/mol. The molecule has 1 atom stereocenters. The van der Waals surface area contributed by atoms with Gasteiger partial charge in [0.15, 0.2) is 0 Å². The fourth-order valence-corrected chi connectivity index (χ4v) is 4.26. The van der Waals surface area contributed by atoms with Gasteiger partial charge in [0.25, 0.3) is 0 Å². The van der Waals surface area contributed by atoms with Crippen LogP contribution < -0.4 is 5.32 Å². The summed E-state index contributed by atoms with van der Waals surface area (Å²) in [6.45, 7) is 13.0. The molecule has 0 bridgehead atoms. The minimum Gasteiger partial charge on any atom is -0.496 e. The summed E-state index contributed by atoms with van der Waals surface area (Å²) < 4.78 is 11.9. The maximum absolute atomic E-state index is 6.31. The van der Waals surface area contributed by atoms with Crippen molar-refractivity contribution in [1.29, 1.82) is 0 Å². The number of methoxy groups -OCH3 is 1. The van der Waals surface area contributed by atoms with Crippen LogP contribution in [0.4, 0.5) is 5.69 Å². The number of benzene rings is 2. The SMILES string of the molecule is C=C/C(OC)=C(\C=C/C)c1ccc2c(c1)C(C(C)OCCc1ccc(Cl)cc1)=CC(C)(C)N2. The second-order valence-corrected chi connectivity index (χ2v) is 9.22. The van der Waals surface area contributed by atoms with E-state index in [2.05, 4.69) is 63.0 Å². The molecule has 4 heteroatoms. The number of hydrogen-bond acceptors (Lipinski definition) is 3. The molecule has 0 amide bonds. The van der Waals surface area contributed by atoms with Crippen LogP contribution in [-0.2, 0) is 15.9 Å². The molecule has 1 aliphatic heterocycles. The number of rotatable bonds is 9. The smallest absolute Gasteiger partial charge is 0.126 e. The topological polar surface area (TPSA) is 30.5 Å². The molecule has 0 radical (unpaired) electrons. The monoisotopic (exact) mass is 463 g/mol. The van der Waals surface area contributed by atoms with Crippen LogP contribution >= 0.6 is 11.6 Å². The molecule has 33 heavy (non-hydrogen) atoms. The highest BCUT2D eigenvalue weighted by molar-refractivity contribution is 6.30. The summed E-state index contributed by atoms with van der Waals surface area (Å²) >= 11 is 6.00. The molecule has 174 valence electrons. The van der Waals surface area contributed by atoms with Crippen molar-refractivity contribution in [3.63, 3.8) is 0 Å². The molecule has 2 aromatic carbocycles. The van der Waals surface area contributed by atoms with Gasteiger partial charge in [-0.3, -0.25) is 0 Å². The molecule has 1 N–H and O–H groups in total. The van der Waals surface area contributed by atoms with Crippen LogP contribution in [0.3, 0.4) is 0 Å². The van der Waals surface area contributed by atoms with Gasteiger partial charge in [-0.1, -0.05) is 54.6 Å². The predicted octanol–water partition coefficient (Wildman–Crippen LogP) is 7.69. The Labute approximate surface area is 203 Å². The van der Waals surface area contributed by atoms with Crippen molar-refractivity contribution >= 4 is 28.4 Å². The summed E-state index contributed by atoms with van der Waals surface area (Å²) in [6, 6.07) is 14.4. The van der Waals surface area contributed by atoms with Crippen molar-refractivity contribution in [2.45, 2.75) is 45.8 Å². The normalized spacial score (nSPS) is 16.4. The van der Waals surface area contributed by atoms with Gasteiger partial charge in [-0.25, -0.2) is 0 Å². The molecule has 0 fully saturated rings. The average Bonchev–Trinajstić information content (AvgIpc) is 2.79. The largest absolute Gasteiger partial charge is 0.496 e. The quantitative estimate of drug-likeness (QED) is 0.305. The standard InChI is InChI=1S/C29H34ClNO2/c1-7-9-24(28(8-2)32-6)22-12-15-27-25(18-22)26(19-29(4,5)31-27)20(3)33-17-16-21-10-13-23(30)14-11-21/h7-15,18-20,31H,2,16-17H2,1,3-6H3/b9-7-,28-24-. The van der Waals surface area contributed by atoms with E-state index in [1.807, 2.05) is 37.3 Å². The zero-order chi connectivity index (χ0) is 24.0. The minimum absolute atomic E-state index is 0.0527. The van der Waals surface area contributed by atoms with E-state index >= 15 is 0 Å². The lowest BCUT2D eigenvalue weighted by atomic mass is 9.86. The first-order valence-corrected chi connectivity index (χ1v) is 11.7. The molecular weight excluding hydrogens is 430 g/mol. The van der Waals surface area contributed by atoms with Gasteiger partial charge in [0, 0.05) is 21.8 Å². The first-order chi connectivity index (χ1) is 15.8. The van der Waals surface area contributed by atoms with Crippen molar-refractivity contribution < 1.29 is 9.47 Å². The maximum atomic E-state index is 6.31. The molecule has 3 nitrogen and oxygen atoms in total. The highest BCUT2D eigenvalue weighted by Crippen LogP contribution is 2.38. The van der Waals surface area contributed by atoms with Gasteiger partial charge in [-0.05, 0) is 81.2 Å². The van der Waals surface area contributed by atoms with E-state index < -0.39 is 0 Å². The van der Waals surface area contributed by atoms with E-state index in [1.165, 1.54) is 11.1 Å². The summed E-state index contributed by atoms with van der Waals surface area (Å²) in [5.74, 6) is 0.745. The zero-order valence-electron chi connectivity index (χ0n) is 20.2. The zero-order valence-corrected chi connectivity index (χ0v) is 21.0. The number of nitrogens with one attached hydrogen (secondary N) is 1. The molecule has 0 aliphatic carbocycles. The molecule has 0 spiro atoms. The molecule has 2 aromatic rings. The van der Waals surface area contributed by atoms with Crippen LogP contribution in [0.2, 0.25) is 5.02 Å². The second-order valence-electron chi connectivity index (χ2n) is 8.78. The Morgan fingerprint density at radius 3 is 2.55 bits per heavy atom. The summed E-state index contributed by atoms with van der Waals surface area (Å²) in [5.41, 5.74) is 6.55. The van der Waals surface area contributed by atoms with Crippen LogP contribution in [0.5, 0.6) is 0 Å². The Bertz CT molecular complexity index is 1080. The lowest BCUT2D eigenvalue weighted by Crippen LogP contribution is -2.33. The Kier molecular flexibility index (Phi) is 8.23. The van der Waals surface area contributed by atoms with E-state index in [0.717, 1.165) is 39.6 Å². The van der Waals surface area contributed by atoms with Crippen molar-refractivity contribution in [2.24, 2.45) is 0 Å². The van der Waals surface area contributed by atoms with Crippen molar-refractivity contribution in [3.05, 3.63) is 101 Å². The highest BCUT2D eigenvalue weighted by Gasteiger charge is 2.27. The van der Waals surface area contributed by atoms with Crippen LogP contribution in [0, 0.1) is 0 Å². The van der Waals surface area contributed by atoms with E-state index in [9.17, 15) is 0 Å². The number of anilines is 1. The molecule has 0 saturated heterocycles. The molecule has 1 heterocycles.